The molecule has 1 aromatic rings. The summed E-state index contributed by atoms with van der Waals surface area (Å²) in [6, 6.07) is 3.28. The van der Waals surface area contributed by atoms with Crippen LogP contribution in [0.1, 0.15) is 36.6 Å². The van der Waals surface area contributed by atoms with E-state index in [9.17, 15) is 0 Å². The highest BCUT2D eigenvalue weighted by Crippen LogP contribution is 2.37. The number of halogens is 2. The Balaban J connectivity index is 1.61. The third-order valence-electron chi connectivity index (χ3n) is 4.85. The summed E-state index contributed by atoms with van der Waals surface area (Å²) in [6.45, 7) is 5.26. The van der Waals surface area contributed by atoms with Crippen molar-refractivity contribution in [2.45, 2.75) is 37.8 Å². The van der Waals surface area contributed by atoms with Crippen molar-refractivity contribution in [1.29, 1.82) is 0 Å². The molecule has 3 nitrogen and oxygen atoms in total. The van der Waals surface area contributed by atoms with Crippen LogP contribution in [0.15, 0.2) is 10.5 Å². The molecule has 21 heavy (non-hydrogen) atoms. The van der Waals surface area contributed by atoms with Gasteiger partial charge >= 0.3 is 0 Å². The second-order valence-electron chi connectivity index (χ2n) is 6.03. The molecule has 3 rings (SSSR count). The van der Waals surface area contributed by atoms with Crippen molar-refractivity contribution >= 4 is 38.9 Å². The molecule has 2 heterocycles. The first-order chi connectivity index (χ1) is 10.2. The molecule has 0 spiro atoms. The first-order valence-electron chi connectivity index (χ1n) is 7.82. The standard InChI is InChI=1S/C15H23BrClN3S/c16-12-9-14(21-15(12)17)13(10-18)20-7-5-19(6-8-20)11-3-1-2-4-11/h9,11,13H,1-8,10,18H2. The van der Waals surface area contributed by atoms with Gasteiger partial charge < -0.3 is 5.73 Å². The van der Waals surface area contributed by atoms with E-state index in [1.54, 1.807) is 11.3 Å². The van der Waals surface area contributed by atoms with Crippen molar-refractivity contribution in [2.75, 3.05) is 32.7 Å². The van der Waals surface area contributed by atoms with E-state index in [1.165, 1.54) is 43.6 Å². The lowest BCUT2D eigenvalue weighted by molar-refractivity contribution is 0.0732. The minimum Gasteiger partial charge on any atom is -0.329 e. The SMILES string of the molecule is NCC(c1cc(Br)c(Cl)s1)N1CCN(C2CCCC2)CC1. The van der Waals surface area contributed by atoms with Gasteiger partial charge in [-0.3, -0.25) is 9.80 Å². The van der Waals surface area contributed by atoms with Crippen LogP contribution in [0, 0.1) is 0 Å². The van der Waals surface area contributed by atoms with Crippen LogP contribution in [0.5, 0.6) is 0 Å². The highest BCUT2D eigenvalue weighted by molar-refractivity contribution is 9.10. The van der Waals surface area contributed by atoms with E-state index in [0.29, 0.717) is 12.6 Å². The molecule has 2 aliphatic rings. The van der Waals surface area contributed by atoms with Gasteiger partial charge in [0.15, 0.2) is 0 Å². The van der Waals surface area contributed by atoms with E-state index in [0.717, 1.165) is 27.9 Å². The predicted molar refractivity (Wildman–Crippen MR) is 94.2 cm³/mol. The molecule has 0 amide bonds. The normalized spacial score (nSPS) is 23.8. The number of thiophene rings is 1. The summed E-state index contributed by atoms with van der Waals surface area (Å²) < 4.78 is 1.82. The summed E-state index contributed by atoms with van der Waals surface area (Å²) in [5, 5.41) is 0. The fraction of sp³-hybridized carbons (Fsp3) is 0.733. The highest BCUT2D eigenvalue weighted by Gasteiger charge is 2.29. The number of rotatable bonds is 4. The van der Waals surface area contributed by atoms with Crippen molar-refractivity contribution < 1.29 is 0 Å². The van der Waals surface area contributed by atoms with Gasteiger partial charge in [-0.25, -0.2) is 0 Å². The molecule has 6 heteroatoms. The lowest BCUT2D eigenvalue weighted by Gasteiger charge is -2.41. The van der Waals surface area contributed by atoms with E-state index in [4.69, 9.17) is 17.3 Å². The second-order valence-corrected chi connectivity index (χ2v) is 8.57. The Morgan fingerprint density at radius 3 is 2.48 bits per heavy atom. The average Bonchev–Trinajstić information content (AvgIpc) is 3.12. The maximum absolute atomic E-state index is 6.18. The molecule has 2 N–H and O–H groups in total. The van der Waals surface area contributed by atoms with E-state index in [2.05, 4.69) is 31.8 Å². The van der Waals surface area contributed by atoms with Gasteiger partial charge in [-0.2, -0.15) is 0 Å². The average molecular weight is 393 g/mol. The summed E-state index contributed by atoms with van der Waals surface area (Å²) in [7, 11) is 0. The summed E-state index contributed by atoms with van der Waals surface area (Å²) in [5.41, 5.74) is 6.04. The first-order valence-corrected chi connectivity index (χ1v) is 9.80. The Hall–Kier alpha value is 0.350. The fourth-order valence-corrected chi connectivity index (χ4v) is 5.54. The molecule has 118 valence electrons. The van der Waals surface area contributed by atoms with E-state index < -0.39 is 0 Å². The Morgan fingerprint density at radius 2 is 1.95 bits per heavy atom. The zero-order valence-corrected chi connectivity index (χ0v) is 15.4. The zero-order chi connectivity index (χ0) is 14.8. The quantitative estimate of drug-likeness (QED) is 0.847. The topological polar surface area (TPSA) is 32.5 Å². The third-order valence-corrected chi connectivity index (χ3v) is 7.42. The Kier molecular flexibility index (Phi) is 5.62. The molecule has 0 aromatic carbocycles. The van der Waals surface area contributed by atoms with E-state index >= 15 is 0 Å². The third kappa shape index (κ3) is 3.65. The molecule has 1 aliphatic carbocycles. The molecule has 0 bridgehead atoms. The Bertz CT molecular complexity index is 448. The van der Waals surface area contributed by atoms with Crippen molar-refractivity contribution in [3.63, 3.8) is 0 Å². The van der Waals surface area contributed by atoms with Gasteiger partial charge in [-0.05, 0) is 34.8 Å². The minimum atomic E-state index is 0.310. The van der Waals surface area contributed by atoms with Crippen molar-refractivity contribution in [3.8, 4) is 0 Å². The van der Waals surface area contributed by atoms with Gasteiger partial charge in [0.1, 0.15) is 4.34 Å². The maximum atomic E-state index is 6.18. The molecule has 1 aromatic heterocycles. The molecule has 1 unspecified atom stereocenters. The molecule has 2 fully saturated rings. The van der Waals surface area contributed by atoms with Gasteiger partial charge in [0.25, 0.3) is 0 Å². The van der Waals surface area contributed by atoms with Crippen molar-refractivity contribution in [3.05, 3.63) is 19.8 Å². The molecular formula is C15H23BrClN3S. The number of nitrogens with zero attached hydrogens (tertiary/aromatic N) is 2. The minimum absolute atomic E-state index is 0.310. The van der Waals surface area contributed by atoms with Gasteiger partial charge in [0.05, 0.1) is 6.04 Å². The smallest absolute Gasteiger partial charge is 0.107 e. The lowest BCUT2D eigenvalue weighted by atomic mass is 10.1. The summed E-state index contributed by atoms with van der Waals surface area (Å²) >= 11 is 11.3. The van der Waals surface area contributed by atoms with Gasteiger partial charge in [-0.1, -0.05) is 24.4 Å². The zero-order valence-electron chi connectivity index (χ0n) is 12.2. The fourth-order valence-electron chi connectivity index (χ4n) is 3.66. The van der Waals surface area contributed by atoms with Crippen LogP contribution in [0.3, 0.4) is 0 Å². The van der Waals surface area contributed by atoms with Crippen molar-refractivity contribution in [2.24, 2.45) is 5.73 Å². The number of piperazine rings is 1. The highest BCUT2D eigenvalue weighted by atomic mass is 79.9. The molecule has 1 saturated heterocycles. The van der Waals surface area contributed by atoms with E-state index in [1.807, 2.05) is 0 Å². The summed E-state index contributed by atoms with van der Waals surface area (Å²) in [4.78, 5) is 6.50. The predicted octanol–water partition coefficient (Wildman–Crippen LogP) is 3.72. The molecule has 1 aliphatic heterocycles. The maximum Gasteiger partial charge on any atom is 0.107 e. The van der Waals surface area contributed by atoms with Crippen LogP contribution in [0.2, 0.25) is 4.34 Å². The Morgan fingerprint density at radius 1 is 1.29 bits per heavy atom. The molecular weight excluding hydrogens is 370 g/mol. The molecule has 0 radical (unpaired) electrons. The van der Waals surface area contributed by atoms with Crippen LogP contribution < -0.4 is 5.73 Å². The van der Waals surface area contributed by atoms with Crippen LogP contribution in [-0.2, 0) is 0 Å². The van der Waals surface area contributed by atoms with Gasteiger partial charge in [0.2, 0.25) is 0 Å². The summed E-state index contributed by atoms with van der Waals surface area (Å²) in [6.07, 6.45) is 5.62. The Labute approximate surface area is 144 Å². The monoisotopic (exact) mass is 391 g/mol. The van der Waals surface area contributed by atoms with Crippen LogP contribution in [0.4, 0.5) is 0 Å². The first kappa shape index (κ1) is 16.2. The number of nitrogens with two attached hydrogens (primary N) is 1. The largest absolute Gasteiger partial charge is 0.329 e. The van der Waals surface area contributed by atoms with Crippen LogP contribution in [0.25, 0.3) is 0 Å². The molecule has 1 saturated carbocycles. The number of hydrogen-bond acceptors (Lipinski definition) is 4. The van der Waals surface area contributed by atoms with Gasteiger partial charge in [0, 0.05) is 48.1 Å². The summed E-state index contributed by atoms with van der Waals surface area (Å²) in [5.74, 6) is 0. The number of hydrogen-bond donors (Lipinski definition) is 1. The molecule has 1 atom stereocenters. The van der Waals surface area contributed by atoms with Crippen LogP contribution in [-0.4, -0.2) is 48.6 Å². The van der Waals surface area contributed by atoms with Gasteiger partial charge in [-0.15, -0.1) is 11.3 Å². The van der Waals surface area contributed by atoms with E-state index in [-0.39, 0.29) is 0 Å². The van der Waals surface area contributed by atoms with Crippen molar-refractivity contribution in [1.82, 2.24) is 9.80 Å². The van der Waals surface area contributed by atoms with Crippen LogP contribution >= 0.6 is 38.9 Å². The second kappa shape index (κ2) is 7.28. The lowest BCUT2D eigenvalue weighted by Crippen LogP contribution is -2.51.